The zero-order valence-electron chi connectivity index (χ0n) is 16.3. The highest BCUT2D eigenvalue weighted by molar-refractivity contribution is 7.89. The molecule has 7 nitrogen and oxygen atoms in total. The number of sulfonamides is 1. The van der Waals surface area contributed by atoms with Gasteiger partial charge >= 0.3 is 0 Å². The first kappa shape index (κ1) is 19.6. The van der Waals surface area contributed by atoms with Gasteiger partial charge in [-0.05, 0) is 58.6 Å². The van der Waals surface area contributed by atoms with Gasteiger partial charge in [-0.3, -0.25) is 4.79 Å². The number of nitrogens with zero attached hydrogens (tertiary/aromatic N) is 2. The van der Waals surface area contributed by atoms with Gasteiger partial charge in [-0.15, -0.1) is 0 Å². The molecular formula is C19H25N3O4S. The summed E-state index contributed by atoms with van der Waals surface area (Å²) in [6.07, 6.45) is 1.12. The Hall–Kier alpha value is -2.19. The molecule has 27 heavy (non-hydrogen) atoms. The highest BCUT2D eigenvalue weighted by atomic mass is 32.2. The molecule has 0 saturated carbocycles. The second kappa shape index (κ2) is 7.09. The number of anilines is 1. The maximum Gasteiger partial charge on any atom is 0.249 e. The Balaban J connectivity index is 1.90. The lowest BCUT2D eigenvalue weighted by Gasteiger charge is -2.24. The molecule has 8 heteroatoms. The number of aryl methyl sites for hydroxylation is 5. The topological polar surface area (TPSA) is 92.5 Å². The molecule has 1 fully saturated rings. The molecule has 0 aliphatic carbocycles. The van der Waals surface area contributed by atoms with E-state index in [-0.39, 0.29) is 16.6 Å². The zero-order chi connectivity index (χ0) is 19.9. The summed E-state index contributed by atoms with van der Waals surface area (Å²) in [5.41, 5.74) is 4.08. The molecule has 1 atom stereocenters. The van der Waals surface area contributed by atoms with Crippen molar-refractivity contribution >= 4 is 21.6 Å². The summed E-state index contributed by atoms with van der Waals surface area (Å²) in [5, 5.41) is 6.68. The number of rotatable bonds is 4. The first-order valence-electron chi connectivity index (χ1n) is 8.96. The minimum absolute atomic E-state index is 0.0601. The van der Waals surface area contributed by atoms with Gasteiger partial charge in [-0.25, -0.2) is 8.42 Å². The van der Waals surface area contributed by atoms with Gasteiger partial charge in [0, 0.05) is 12.2 Å². The van der Waals surface area contributed by atoms with Crippen molar-refractivity contribution in [3.8, 4) is 0 Å². The van der Waals surface area contributed by atoms with Crippen molar-refractivity contribution in [3.63, 3.8) is 0 Å². The third-order valence-corrected chi connectivity index (χ3v) is 7.12. The van der Waals surface area contributed by atoms with Crippen molar-refractivity contribution < 1.29 is 17.7 Å². The first-order valence-corrected chi connectivity index (χ1v) is 10.4. The van der Waals surface area contributed by atoms with E-state index in [0.29, 0.717) is 25.1 Å². The number of aromatic nitrogens is 1. The Morgan fingerprint density at radius 3 is 2.37 bits per heavy atom. The number of benzene rings is 1. The van der Waals surface area contributed by atoms with Gasteiger partial charge in [0.1, 0.15) is 16.6 Å². The second-order valence-corrected chi connectivity index (χ2v) is 9.02. The predicted octanol–water partition coefficient (Wildman–Crippen LogP) is 3.01. The monoisotopic (exact) mass is 391 g/mol. The van der Waals surface area contributed by atoms with Crippen LogP contribution in [-0.2, 0) is 14.8 Å². The molecule has 1 aliphatic heterocycles. The summed E-state index contributed by atoms with van der Waals surface area (Å²) < 4.78 is 32.5. The number of amides is 1. The second-order valence-electron chi connectivity index (χ2n) is 7.19. The molecule has 2 heterocycles. The highest BCUT2D eigenvalue weighted by Gasteiger charge is 2.42. The molecule has 2 aromatic rings. The van der Waals surface area contributed by atoms with Crippen LogP contribution in [-0.4, -0.2) is 36.4 Å². The average Bonchev–Trinajstić information content (AvgIpc) is 3.18. The Morgan fingerprint density at radius 2 is 1.81 bits per heavy atom. The standard InChI is InChI=1S/C19H25N3O4S/c1-11-9-12(2)17(13(3)10-11)20-19(23)16-7-6-8-22(16)27(24,25)18-14(4)21-26-15(18)5/h9-10,16H,6-8H2,1-5H3,(H,20,23). The average molecular weight is 391 g/mol. The number of carbonyl (C=O) groups excluding carboxylic acids is 1. The van der Waals surface area contributed by atoms with Crippen molar-refractivity contribution in [1.29, 1.82) is 0 Å². The van der Waals surface area contributed by atoms with E-state index in [4.69, 9.17) is 4.52 Å². The van der Waals surface area contributed by atoms with Crippen LogP contribution in [0.5, 0.6) is 0 Å². The minimum atomic E-state index is -3.85. The lowest BCUT2D eigenvalue weighted by molar-refractivity contribution is -0.119. The molecule has 146 valence electrons. The summed E-state index contributed by atoms with van der Waals surface area (Å²) in [4.78, 5) is 13.0. The first-order chi connectivity index (χ1) is 12.6. The maximum atomic E-state index is 13.1. The predicted molar refractivity (Wildman–Crippen MR) is 102 cm³/mol. The van der Waals surface area contributed by atoms with Crippen molar-refractivity contribution in [2.24, 2.45) is 0 Å². The van der Waals surface area contributed by atoms with Crippen molar-refractivity contribution in [1.82, 2.24) is 9.46 Å². The largest absolute Gasteiger partial charge is 0.360 e. The fourth-order valence-electron chi connectivity index (χ4n) is 3.83. The SMILES string of the molecule is Cc1cc(C)c(NC(=O)C2CCCN2S(=O)(=O)c2c(C)noc2C)c(C)c1. The Kier molecular flexibility index (Phi) is 5.14. The number of hydrogen-bond acceptors (Lipinski definition) is 5. The molecule has 1 N–H and O–H groups in total. The van der Waals surface area contributed by atoms with E-state index in [1.807, 2.05) is 32.9 Å². The quantitative estimate of drug-likeness (QED) is 0.865. The van der Waals surface area contributed by atoms with Crippen LogP contribution in [0.15, 0.2) is 21.6 Å². The Morgan fingerprint density at radius 1 is 1.19 bits per heavy atom. The van der Waals surface area contributed by atoms with Crippen LogP contribution in [0.1, 0.15) is 41.0 Å². The highest BCUT2D eigenvalue weighted by Crippen LogP contribution is 2.31. The third kappa shape index (κ3) is 3.51. The summed E-state index contributed by atoms with van der Waals surface area (Å²) in [6.45, 7) is 9.33. The molecular weight excluding hydrogens is 366 g/mol. The Labute approximate surface area is 159 Å². The van der Waals surface area contributed by atoms with Crippen LogP contribution in [0.3, 0.4) is 0 Å². The molecule has 3 rings (SSSR count). The summed E-state index contributed by atoms with van der Waals surface area (Å²) in [6, 6.07) is 3.24. The molecule has 0 spiro atoms. The molecule has 0 bridgehead atoms. The van der Waals surface area contributed by atoms with Crippen molar-refractivity contribution in [3.05, 3.63) is 40.3 Å². The van der Waals surface area contributed by atoms with Gasteiger partial charge in [-0.2, -0.15) is 4.31 Å². The number of carbonyl (C=O) groups is 1. The molecule has 1 aromatic carbocycles. The van der Waals surface area contributed by atoms with E-state index in [1.54, 1.807) is 13.8 Å². The molecule has 0 radical (unpaired) electrons. The summed E-state index contributed by atoms with van der Waals surface area (Å²) in [7, 11) is -3.85. The van der Waals surface area contributed by atoms with Gasteiger partial charge in [0.05, 0.1) is 0 Å². The van der Waals surface area contributed by atoms with Crippen molar-refractivity contribution in [2.75, 3.05) is 11.9 Å². The summed E-state index contributed by atoms with van der Waals surface area (Å²) >= 11 is 0. The normalized spacial score (nSPS) is 18.0. The molecule has 1 unspecified atom stereocenters. The van der Waals surface area contributed by atoms with Crippen LogP contribution in [0.4, 0.5) is 5.69 Å². The number of nitrogens with one attached hydrogen (secondary N) is 1. The summed E-state index contributed by atoms with van der Waals surface area (Å²) in [5.74, 6) is -0.0679. The zero-order valence-corrected chi connectivity index (χ0v) is 17.1. The molecule has 1 saturated heterocycles. The fraction of sp³-hybridized carbons (Fsp3) is 0.474. The number of hydrogen-bond donors (Lipinski definition) is 1. The third-order valence-electron chi connectivity index (χ3n) is 4.97. The molecule has 1 amide bonds. The molecule has 1 aliphatic rings. The van der Waals surface area contributed by atoms with Crippen LogP contribution >= 0.6 is 0 Å². The molecule has 1 aromatic heterocycles. The lowest BCUT2D eigenvalue weighted by atomic mass is 10.0. The minimum Gasteiger partial charge on any atom is -0.360 e. The van der Waals surface area contributed by atoms with E-state index in [9.17, 15) is 13.2 Å². The van der Waals surface area contributed by atoms with Gasteiger partial charge in [-0.1, -0.05) is 22.9 Å². The van der Waals surface area contributed by atoms with Gasteiger partial charge < -0.3 is 9.84 Å². The van der Waals surface area contributed by atoms with E-state index in [0.717, 1.165) is 22.4 Å². The van der Waals surface area contributed by atoms with E-state index < -0.39 is 16.1 Å². The van der Waals surface area contributed by atoms with Gasteiger partial charge in [0.25, 0.3) is 0 Å². The van der Waals surface area contributed by atoms with Crippen LogP contribution in [0.2, 0.25) is 0 Å². The van der Waals surface area contributed by atoms with Crippen LogP contribution in [0, 0.1) is 34.6 Å². The van der Waals surface area contributed by atoms with E-state index >= 15 is 0 Å². The Bertz CT molecular complexity index is 952. The van der Waals surface area contributed by atoms with E-state index in [1.165, 1.54) is 4.31 Å². The van der Waals surface area contributed by atoms with Crippen LogP contribution in [0.25, 0.3) is 0 Å². The maximum absolute atomic E-state index is 13.1. The van der Waals surface area contributed by atoms with Gasteiger partial charge in [0.15, 0.2) is 5.76 Å². The fourth-order valence-corrected chi connectivity index (χ4v) is 5.78. The van der Waals surface area contributed by atoms with E-state index in [2.05, 4.69) is 10.5 Å². The van der Waals surface area contributed by atoms with Crippen molar-refractivity contribution in [2.45, 2.75) is 58.4 Å². The smallest absolute Gasteiger partial charge is 0.249 e. The lowest BCUT2D eigenvalue weighted by Crippen LogP contribution is -2.43. The van der Waals surface area contributed by atoms with Gasteiger partial charge in [0.2, 0.25) is 15.9 Å². The van der Waals surface area contributed by atoms with Crippen LogP contribution < -0.4 is 5.32 Å².